The van der Waals surface area contributed by atoms with Gasteiger partial charge in [-0.2, -0.15) is 0 Å². The summed E-state index contributed by atoms with van der Waals surface area (Å²) < 4.78 is 0. The lowest BCUT2D eigenvalue weighted by Gasteiger charge is -2.35. The maximum absolute atomic E-state index is 11.6. The van der Waals surface area contributed by atoms with E-state index < -0.39 is 0 Å². The molecule has 19 heavy (non-hydrogen) atoms. The zero-order chi connectivity index (χ0) is 14.3. The molecule has 1 atom stereocenters. The van der Waals surface area contributed by atoms with Crippen molar-refractivity contribution in [3.05, 3.63) is 0 Å². The Morgan fingerprint density at radius 3 is 2.42 bits per heavy atom. The Hall–Kier alpha value is -0.610. The molecule has 1 amide bonds. The van der Waals surface area contributed by atoms with Crippen LogP contribution >= 0.6 is 0 Å². The van der Waals surface area contributed by atoms with Crippen molar-refractivity contribution in [2.24, 2.45) is 5.92 Å². The van der Waals surface area contributed by atoms with Crippen molar-refractivity contribution >= 4 is 5.91 Å². The van der Waals surface area contributed by atoms with Crippen LogP contribution < -0.4 is 10.6 Å². The molecule has 1 heterocycles. The van der Waals surface area contributed by atoms with E-state index in [2.05, 4.69) is 29.4 Å². The standard InChI is InChI=1S/C15H31N3O/c1-5-8-18-9-6-14(7-10-18)13(4)16-11-15(19)17-12(2)3/h12-14,16H,5-11H2,1-4H3,(H,17,19). The summed E-state index contributed by atoms with van der Waals surface area (Å²) in [7, 11) is 0. The van der Waals surface area contributed by atoms with Crippen molar-refractivity contribution < 1.29 is 4.79 Å². The van der Waals surface area contributed by atoms with Crippen molar-refractivity contribution in [1.29, 1.82) is 0 Å². The van der Waals surface area contributed by atoms with Crippen LogP contribution in [0.5, 0.6) is 0 Å². The van der Waals surface area contributed by atoms with E-state index in [1.54, 1.807) is 0 Å². The number of carbonyl (C=O) groups excluding carboxylic acids is 1. The molecule has 0 aromatic carbocycles. The third-order valence-corrected chi connectivity index (χ3v) is 3.91. The molecule has 1 saturated heterocycles. The van der Waals surface area contributed by atoms with E-state index in [9.17, 15) is 4.79 Å². The number of carbonyl (C=O) groups is 1. The fourth-order valence-corrected chi connectivity index (χ4v) is 2.79. The normalized spacial score (nSPS) is 19.6. The summed E-state index contributed by atoms with van der Waals surface area (Å²) >= 11 is 0. The minimum atomic E-state index is 0.102. The lowest BCUT2D eigenvalue weighted by atomic mass is 9.90. The summed E-state index contributed by atoms with van der Waals surface area (Å²) in [4.78, 5) is 14.1. The highest BCUT2D eigenvalue weighted by Gasteiger charge is 2.23. The summed E-state index contributed by atoms with van der Waals surface area (Å²) in [6.07, 6.45) is 3.74. The molecular formula is C15H31N3O. The van der Waals surface area contributed by atoms with Crippen LogP contribution in [0, 0.1) is 5.92 Å². The second-order valence-corrected chi connectivity index (χ2v) is 6.07. The summed E-state index contributed by atoms with van der Waals surface area (Å²) in [6, 6.07) is 0.656. The van der Waals surface area contributed by atoms with Gasteiger partial charge in [0.05, 0.1) is 6.54 Å². The van der Waals surface area contributed by atoms with Crippen molar-refractivity contribution in [2.75, 3.05) is 26.2 Å². The summed E-state index contributed by atoms with van der Waals surface area (Å²) in [5.74, 6) is 0.810. The van der Waals surface area contributed by atoms with E-state index in [0.717, 1.165) is 0 Å². The number of likely N-dealkylation sites (tertiary alicyclic amines) is 1. The molecule has 2 N–H and O–H groups in total. The van der Waals surface area contributed by atoms with Crippen LogP contribution in [0.3, 0.4) is 0 Å². The third-order valence-electron chi connectivity index (χ3n) is 3.91. The Balaban J connectivity index is 2.20. The Morgan fingerprint density at radius 1 is 1.26 bits per heavy atom. The summed E-state index contributed by atoms with van der Waals surface area (Å²) in [5, 5.41) is 6.29. The molecular weight excluding hydrogens is 238 g/mol. The van der Waals surface area contributed by atoms with Gasteiger partial charge in [-0.15, -0.1) is 0 Å². The first kappa shape index (κ1) is 16.4. The smallest absolute Gasteiger partial charge is 0.234 e. The monoisotopic (exact) mass is 269 g/mol. The molecule has 1 rings (SSSR count). The van der Waals surface area contributed by atoms with Gasteiger partial charge in [-0.3, -0.25) is 4.79 Å². The van der Waals surface area contributed by atoms with Gasteiger partial charge >= 0.3 is 0 Å². The van der Waals surface area contributed by atoms with Crippen LogP contribution in [-0.4, -0.2) is 49.1 Å². The molecule has 112 valence electrons. The minimum Gasteiger partial charge on any atom is -0.353 e. The molecule has 1 fully saturated rings. The topological polar surface area (TPSA) is 44.4 Å². The third kappa shape index (κ3) is 6.39. The number of amides is 1. The highest BCUT2D eigenvalue weighted by molar-refractivity contribution is 5.78. The van der Waals surface area contributed by atoms with Crippen molar-refractivity contribution in [1.82, 2.24) is 15.5 Å². The lowest BCUT2D eigenvalue weighted by molar-refractivity contribution is -0.120. The Labute approximate surface area is 118 Å². The van der Waals surface area contributed by atoms with Gasteiger partial charge in [0.2, 0.25) is 5.91 Å². The summed E-state index contributed by atoms with van der Waals surface area (Å²) in [6.45, 7) is 12.5. The molecule has 4 heteroatoms. The fraction of sp³-hybridized carbons (Fsp3) is 0.933. The van der Waals surface area contributed by atoms with E-state index in [-0.39, 0.29) is 11.9 Å². The van der Waals surface area contributed by atoms with Crippen molar-refractivity contribution in [3.63, 3.8) is 0 Å². The maximum Gasteiger partial charge on any atom is 0.234 e. The number of hydrogen-bond donors (Lipinski definition) is 2. The summed E-state index contributed by atoms with van der Waals surface area (Å²) in [5.41, 5.74) is 0. The second kappa shape index (κ2) is 8.54. The molecule has 1 unspecified atom stereocenters. The second-order valence-electron chi connectivity index (χ2n) is 6.07. The average molecular weight is 269 g/mol. The first-order valence-electron chi connectivity index (χ1n) is 7.78. The minimum absolute atomic E-state index is 0.102. The number of hydrogen-bond acceptors (Lipinski definition) is 3. The maximum atomic E-state index is 11.6. The van der Waals surface area contributed by atoms with Gasteiger partial charge in [-0.25, -0.2) is 0 Å². The number of nitrogens with one attached hydrogen (secondary N) is 2. The number of nitrogens with zero attached hydrogens (tertiary/aromatic N) is 1. The van der Waals surface area contributed by atoms with Crippen molar-refractivity contribution in [3.8, 4) is 0 Å². The Kier molecular flexibility index (Phi) is 7.39. The van der Waals surface area contributed by atoms with Crippen LogP contribution in [0.4, 0.5) is 0 Å². The molecule has 1 aliphatic rings. The van der Waals surface area contributed by atoms with Gasteiger partial charge in [-0.05, 0) is 65.6 Å². The van der Waals surface area contributed by atoms with E-state index in [4.69, 9.17) is 0 Å². The zero-order valence-electron chi connectivity index (χ0n) is 13.0. The lowest BCUT2D eigenvalue weighted by Crippen LogP contribution is -2.46. The van der Waals surface area contributed by atoms with E-state index in [1.807, 2.05) is 13.8 Å². The largest absolute Gasteiger partial charge is 0.353 e. The quantitative estimate of drug-likeness (QED) is 0.738. The molecule has 0 aromatic rings. The Bertz CT molecular complexity index is 260. The molecule has 0 aromatic heterocycles. The van der Waals surface area contributed by atoms with E-state index in [1.165, 1.54) is 38.9 Å². The van der Waals surface area contributed by atoms with Crippen LogP contribution in [0.1, 0.15) is 47.0 Å². The number of piperidine rings is 1. The zero-order valence-corrected chi connectivity index (χ0v) is 13.0. The predicted octanol–water partition coefficient (Wildman–Crippen LogP) is 1.61. The van der Waals surface area contributed by atoms with Crippen LogP contribution in [-0.2, 0) is 4.79 Å². The van der Waals surface area contributed by atoms with Crippen LogP contribution in [0.25, 0.3) is 0 Å². The van der Waals surface area contributed by atoms with Gasteiger partial charge in [0.15, 0.2) is 0 Å². The molecule has 0 bridgehead atoms. The van der Waals surface area contributed by atoms with Crippen LogP contribution in [0.15, 0.2) is 0 Å². The molecule has 0 saturated carbocycles. The molecule has 4 nitrogen and oxygen atoms in total. The van der Waals surface area contributed by atoms with E-state index in [0.29, 0.717) is 18.5 Å². The first-order chi connectivity index (χ1) is 9.02. The molecule has 0 aliphatic carbocycles. The predicted molar refractivity (Wildman–Crippen MR) is 80.2 cm³/mol. The van der Waals surface area contributed by atoms with Gasteiger partial charge in [0.1, 0.15) is 0 Å². The van der Waals surface area contributed by atoms with E-state index >= 15 is 0 Å². The van der Waals surface area contributed by atoms with Gasteiger partial charge in [-0.1, -0.05) is 6.92 Å². The highest BCUT2D eigenvalue weighted by atomic mass is 16.1. The van der Waals surface area contributed by atoms with Crippen molar-refractivity contribution in [2.45, 2.75) is 59.0 Å². The highest BCUT2D eigenvalue weighted by Crippen LogP contribution is 2.20. The fourth-order valence-electron chi connectivity index (χ4n) is 2.79. The molecule has 1 aliphatic heterocycles. The van der Waals surface area contributed by atoms with Gasteiger partial charge in [0, 0.05) is 12.1 Å². The average Bonchev–Trinajstić information content (AvgIpc) is 2.36. The van der Waals surface area contributed by atoms with Gasteiger partial charge < -0.3 is 15.5 Å². The molecule has 0 spiro atoms. The first-order valence-corrected chi connectivity index (χ1v) is 7.78. The Morgan fingerprint density at radius 2 is 1.89 bits per heavy atom. The van der Waals surface area contributed by atoms with Crippen LogP contribution in [0.2, 0.25) is 0 Å². The SMILES string of the molecule is CCCN1CCC(C(C)NCC(=O)NC(C)C)CC1. The van der Waals surface area contributed by atoms with Gasteiger partial charge in [0.25, 0.3) is 0 Å². The molecule has 0 radical (unpaired) electrons. The number of rotatable bonds is 7.